The normalized spacial score (nSPS) is 18.9. The highest BCUT2D eigenvalue weighted by molar-refractivity contribution is 6.47. The van der Waals surface area contributed by atoms with Gasteiger partial charge in [0, 0.05) is 5.56 Å². The Morgan fingerprint density at radius 1 is 1.14 bits per heavy atom. The number of aliphatic imine (C=N–C) groups is 1. The van der Waals surface area contributed by atoms with Crippen LogP contribution in [0.25, 0.3) is 0 Å². The van der Waals surface area contributed by atoms with Gasteiger partial charge in [-0.2, -0.15) is 0 Å². The van der Waals surface area contributed by atoms with Gasteiger partial charge in [-0.05, 0) is 80.5 Å². The topological polar surface area (TPSA) is 75.8 Å². The lowest BCUT2D eigenvalue weighted by molar-refractivity contribution is -0.139. The standard InChI is InChI=1S/C23H24FN3O2/c1-14-6-5-7-18(15(14)2)20(21(25)28)27-22(29)19(16-8-10-17(24)11-9-16)26-23(27)12-3-4-13-23/h5-11,20H,3-4,12-13H2,1-2H3,(H2,25,28). The van der Waals surface area contributed by atoms with Crippen molar-refractivity contribution in [1.82, 2.24) is 4.90 Å². The number of hydrogen-bond acceptors (Lipinski definition) is 3. The molecule has 29 heavy (non-hydrogen) atoms. The van der Waals surface area contributed by atoms with E-state index in [-0.39, 0.29) is 17.4 Å². The predicted octanol–water partition coefficient (Wildman–Crippen LogP) is 3.57. The van der Waals surface area contributed by atoms with Crippen LogP contribution in [0.15, 0.2) is 47.5 Å². The van der Waals surface area contributed by atoms with E-state index in [1.54, 1.807) is 17.0 Å². The summed E-state index contributed by atoms with van der Waals surface area (Å²) in [6, 6.07) is 10.5. The average molecular weight is 393 g/mol. The largest absolute Gasteiger partial charge is 0.368 e. The van der Waals surface area contributed by atoms with Gasteiger partial charge < -0.3 is 5.73 Å². The van der Waals surface area contributed by atoms with Crippen LogP contribution in [0.3, 0.4) is 0 Å². The molecule has 1 spiro atoms. The highest BCUT2D eigenvalue weighted by atomic mass is 19.1. The van der Waals surface area contributed by atoms with Crippen LogP contribution in [0.1, 0.15) is 54.0 Å². The van der Waals surface area contributed by atoms with Crippen LogP contribution in [0.2, 0.25) is 0 Å². The number of benzene rings is 2. The highest BCUT2D eigenvalue weighted by Gasteiger charge is 2.53. The average Bonchev–Trinajstić information content (AvgIpc) is 3.26. The number of carbonyl (C=O) groups is 2. The predicted molar refractivity (Wildman–Crippen MR) is 109 cm³/mol. The number of halogens is 1. The second kappa shape index (κ2) is 7.10. The van der Waals surface area contributed by atoms with Crippen molar-refractivity contribution in [1.29, 1.82) is 0 Å². The molecule has 1 aliphatic carbocycles. The Hall–Kier alpha value is -3.02. The molecule has 0 bridgehead atoms. The Balaban J connectivity index is 1.85. The van der Waals surface area contributed by atoms with Gasteiger partial charge in [0.1, 0.15) is 23.2 Å². The fourth-order valence-electron chi connectivity index (χ4n) is 4.55. The third-order valence-corrected chi connectivity index (χ3v) is 6.18. The van der Waals surface area contributed by atoms with Crippen molar-refractivity contribution in [3.8, 4) is 0 Å². The second-order valence-electron chi connectivity index (χ2n) is 7.93. The monoisotopic (exact) mass is 393 g/mol. The molecule has 1 saturated carbocycles. The summed E-state index contributed by atoms with van der Waals surface area (Å²) in [5, 5.41) is 0. The van der Waals surface area contributed by atoms with E-state index in [1.807, 2.05) is 32.0 Å². The number of nitrogens with zero attached hydrogens (tertiary/aromatic N) is 2. The number of amides is 2. The van der Waals surface area contributed by atoms with Gasteiger partial charge in [-0.1, -0.05) is 18.2 Å². The minimum atomic E-state index is -0.901. The molecule has 1 fully saturated rings. The van der Waals surface area contributed by atoms with Crippen LogP contribution in [-0.2, 0) is 9.59 Å². The van der Waals surface area contributed by atoms with Crippen molar-refractivity contribution in [2.45, 2.75) is 51.2 Å². The molecule has 5 nitrogen and oxygen atoms in total. The van der Waals surface area contributed by atoms with Crippen molar-refractivity contribution < 1.29 is 14.0 Å². The first-order valence-corrected chi connectivity index (χ1v) is 9.89. The lowest BCUT2D eigenvalue weighted by Gasteiger charge is -2.38. The Kier molecular flexibility index (Phi) is 4.73. The fraction of sp³-hybridized carbons (Fsp3) is 0.348. The van der Waals surface area contributed by atoms with E-state index in [4.69, 9.17) is 10.7 Å². The summed E-state index contributed by atoms with van der Waals surface area (Å²) in [6.45, 7) is 3.90. The van der Waals surface area contributed by atoms with Gasteiger partial charge >= 0.3 is 0 Å². The van der Waals surface area contributed by atoms with E-state index in [0.717, 1.165) is 29.5 Å². The molecular formula is C23H24FN3O2. The molecular weight excluding hydrogens is 369 g/mol. The van der Waals surface area contributed by atoms with Crippen molar-refractivity contribution in [2.24, 2.45) is 10.7 Å². The van der Waals surface area contributed by atoms with E-state index in [1.165, 1.54) is 12.1 Å². The molecule has 150 valence electrons. The molecule has 0 saturated heterocycles. The van der Waals surface area contributed by atoms with Gasteiger partial charge in [0.05, 0.1) is 0 Å². The van der Waals surface area contributed by atoms with Gasteiger partial charge in [0.25, 0.3) is 5.91 Å². The third kappa shape index (κ3) is 3.12. The first-order chi connectivity index (χ1) is 13.8. The number of nitrogens with two attached hydrogens (primary N) is 1. The number of hydrogen-bond donors (Lipinski definition) is 1. The molecule has 0 radical (unpaired) electrons. The molecule has 1 atom stereocenters. The minimum absolute atomic E-state index is 0.267. The molecule has 0 aromatic heterocycles. The smallest absolute Gasteiger partial charge is 0.275 e. The fourth-order valence-corrected chi connectivity index (χ4v) is 4.55. The highest BCUT2D eigenvalue weighted by Crippen LogP contribution is 2.45. The van der Waals surface area contributed by atoms with Crippen molar-refractivity contribution in [3.05, 3.63) is 70.5 Å². The van der Waals surface area contributed by atoms with Crippen LogP contribution < -0.4 is 5.73 Å². The maximum atomic E-state index is 13.6. The first-order valence-electron chi connectivity index (χ1n) is 9.89. The molecule has 2 aliphatic rings. The molecule has 1 unspecified atom stereocenters. The van der Waals surface area contributed by atoms with Crippen LogP contribution in [0.5, 0.6) is 0 Å². The summed E-state index contributed by atoms with van der Waals surface area (Å²) in [5.41, 5.74) is 8.58. The van der Waals surface area contributed by atoms with E-state index in [2.05, 4.69) is 0 Å². The molecule has 4 rings (SSSR count). The van der Waals surface area contributed by atoms with Gasteiger partial charge in [0.2, 0.25) is 5.91 Å². The molecule has 2 aromatic carbocycles. The first kappa shape index (κ1) is 19.3. The van der Waals surface area contributed by atoms with Gasteiger partial charge in [0.15, 0.2) is 0 Å². The number of primary amides is 1. The maximum absolute atomic E-state index is 13.6. The van der Waals surface area contributed by atoms with Crippen molar-refractivity contribution in [2.75, 3.05) is 0 Å². The van der Waals surface area contributed by atoms with Crippen molar-refractivity contribution in [3.63, 3.8) is 0 Å². The molecule has 6 heteroatoms. The Morgan fingerprint density at radius 2 is 1.79 bits per heavy atom. The van der Waals surface area contributed by atoms with Crippen LogP contribution in [-0.4, -0.2) is 28.1 Å². The summed E-state index contributed by atoms with van der Waals surface area (Å²) in [5.74, 6) is -1.28. The SMILES string of the molecule is Cc1cccc(C(C(N)=O)N2C(=O)C(c3ccc(F)cc3)=NC23CCCC3)c1C. The Bertz CT molecular complexity index is 1010. The molecule has 2 N–H and O–H groups in total. The van der Waals surface area contributed by atoms with Gasteiger partial charge in [-0.25, -0.2) is 4.39 Å². The molecule has 2 aromatic rings. The Labute approximate surface area is 169 Å². The number of aryl methyl sites for hydroxylation is 1. The third-order valence-electron chi connectivity index (χ3n) is 6.18. The molecule has 2 amide bonds. The number of rotatable bonds is 4. The number of carbonyl (C=O) groups excluding carboxylic acids is 2. The maximum Gasteiger partial charge on any atom is 0.275 e. The zero-order valence-electron chi connectivity index (χ0n) is 16.6. The van der Waals surface area contributed by atoms with Crippen LogP contribution >= 0.6 is 0 Å². The minimum Gasteiger partial charge on any atom is -0.368 e. The van der Waals surface area contributed by atoms with E-state index < -0.39 is 17.6 Å². The van der Waals surface area contributed by atoms with Gasteiger partial charge in [-0.15, -0.1) is 0 Å². The summed E-state index contributed by atoms with van der Waals surface area (Å²) in [7, 11) is 0. The van der Waals surface area contributed by atoms with E-state index >= 15 is 0 Å². The van der Waals surface area contributed by atoms with Crippen LogP contribution in [0, 0.1) is 19.7 Å². The Morgan fingerprint density at radius 3 is 2.41 bits per heavy atom. The second-order valence-corrected chi connectivity index (χ2v) is 7.93. The lowest BCUT2D eigenvalue weighted by atomic mass is 9.93. The van der Waals surface area contributed by atoms with E-state index in [0.29, 0.717) is 18.4 Å². The summed E-state index contributed by atoms with van der Waals surface area (Å²) < 4.78 is 13.4. The molecule has 1 aliphatic heterocycles. The van der Waals surface area contributed by atoms with Crippen LogP contribution in [0.4, 0.5) is 4.39 Å². The zero-order chi connectivity index (χ0) is 20.8. The quantitative estimate of drug-likeness (QED) is 0.862. The summed E-state index contributed by atoms with van der Waals surface area (Å²) >= 11 is 0. The molecule has 1 heterocycles. The van der Waals surface area contributed by atoms with E-state index in [9.17, 15) is 14.0 Å². The zero-order valence-corrected chi connectivity index (χ0v) is 16.6. The summed E-state index contributed by atoms with van der Waals surface area (Å²) in [6.07, 6.45) is 3.20. The van der Waals surface area contributed by atoms with Crippen molar-refractivity contribution >= 4 is 17.5 Å². The summed E-state index contributed by atoms with van der Waals surface area (Å²) in [4.78, 5) is 32.6. The lowest BCUT2D eigenvalue weighted by Crippen LogP contribution is -2.51. The van der Waals surface area contributed by atoms with Gasteiger partial charge in [-0.3, -0.25) is 19.5 Å².